The maximum Gasteiger partial charge on any atom is 0.268 e. The highest BCUT2D eigenvalue weighted by Gasteiger charge is 2.70. The summed E-state index contributed by atoms with van der Waals surface area (Å²) in [5.41, 5.74) is 5.63. The van der Waals surface area contributed by atoms with Crippen LogP contribution >= 0.6 is 0 Å². The molecule has 0 saturated heterocycles. The minimum Gasteiger partial charge on any atom is -0.364 e. The van der Waals surface area contributed by atoms with Crippen LogP contribution in [-0.4, -0.2) is 27.7 Å². The third-order valence-electron chi connectivity index (χ3n) is 7.92. The molecule has 32 heavy (non-hydrogen) atoms. The molecular formula is C23H25F4N3O2. The number of aromatic amines is 1. The molecule has 5 atom stereocenters. The highest BCUT2D eigenvalue weighted by molar-refractivity contribution is 6.03. The standard InChI is InChI=1S/C23H25F4N3O2/c24-22(25)5-1-2-11(3-6-22)12-8-14-15(23(14,26)27)9-13(12)17-10-18(31)19-16(30-17)4-7-29-20(19)21(28)32/h4,7,10-15H,1-3,5-6,8-9H2,(H2,28,32)(H,30,31)/t11?,12?,13-,14?,15?/m1/s1. The highest BCUT2D eigenvalue weighted by Crippen LogP contribution is 2.67. The average molecular weight is 451 g/mol. The van der Waals surface area contributed by atoms with Gasteiger partial charge in [-0.15, -0.1) is 0 Å². The number of amides is 1. The molecule has 172 valence electrons. The van der Waals surface area contributed by atoms with E-state index < -0.39 is 35.0 Å². The molecule has 3 saturated carbocycles. The minimum absolute atomic E-state index is 0.0693. The first-order valence-electron chi connectivity index (χ1n) is 11.2. The summed E-state index contributed by atoms with van der Waals surface area (Å²) in [5, 5.41) is 0.0693. The van der Waals surface area contributed by atoms with Gasteiger partial charge in [0.1, 0.15) is 5.69 Å². The van der Waals surface area contributed by atoms with Crippen molar-refractivity contribution in [1.82, 2.24) is 9.97 Å². The number of nitrogens with zero attached hydrogens (tertiary/aromatic N) is 1. The number of aromatic nitrogens is 2. The fourth-order valence-corrected chi connectivity index (χ4v) is 6.21. The Balaban J connectivity index is 1.54. The molecule has 3 fully saturated rings. The van der Waals surface area contributed by atoms with Gasteiger partial charge in [-0.3, -0.25) is 14.6 Å². The Morgan fingerprint density at radius 3 is 2.62 bits per heavy atom. The van der Waals surface area contributed by atoms with Crippen molar-refractivity contribution >= 4 is 16.8 Å². The number of rotatable bonds is 3. The van der Waals surface area contributed by atoms with E-state index in [-0.39, 0.29) is 54.5 Å². The second-order valence-electron chi connectivity index (χ2n) is 9.71. The number of fused-ring (bicyclic) bond motifs is 2. The van der Waals surface area contributed by atoms with E-state index in [9.17, 15) is 27.2 Å². The maximum atomic E-state index is 14.4. The van der Waals surface area contributed by atoms with Gasteiger partial charge in [0.2, 0.25) is 5.92 Å². The first-order chi connectivity index (χ1) is 15.1. The fraction of sp³-hybridized carbons (Fsp3) is 0.609. The lowest BCUT2D eigenvalue weighted by atomic mass is 9.69. The summed E-state index contributed by atoms with van der Waals surface area (Å²) in [6.45, 7) is 0. The summed E-state index contributed by atoms with van der Waals surface area (Å²) in [6.07, 6.45) is 2.70. The van der Waals surface area contributed by atoms with E-state index in [0.717, 1.165) is 0 Å². The first-order valence-corrected chi connectivity index (χ1v) is 11.2. The third-order valence-corrected chi connectivity index (χ3v) is 7.92. The largest absolute Gasteiger partial charge is 0.364 e. The smallest absolute Gasteiger partial charge is 0.268 e. The second-order valence-corrected chi connectivity index (χ2v) is 9.71. The maximum absolute atomic E-state index is 14.4. The molecule has 2 aromatic heterocycles. The van der Waals surface area contributed by atoms with Crippen molar-refractivity contribution in [3.8, 4) is 0 Å². The molecule has 1 amide bonds. The van der Waals surface area contributed by atoms with Crippen molar-refractivity contribution in [2.45, 2.75) is 62.7 Å². The molecule has 0 aliphatic heterocycles. The summed E-state index contributed by atoms with van der Waals surface area (Å²) in [6, 6.07) is 2.89. The lowest BCUT2D eigenvalue weighted by Crippen LogP contribution is -2.28. The van der Waals surface area contributed by atoms with E-state index in [4.69, 9.17) is 5.73 Å². The van der Waals surface area contributed by atoms with Gasteiger partial charge in [0.15, 0.2) is 5.43 Å². The summed E-state index contributed by atoms with van der Waals surface area (Å²) in [7, 11) is 0. The van der Waals surface area contributed by atoms with Crippen LogP contribution in [0, 0.1) is 23.7 Å². The third kappa shape index (κ3) is 3.49. The molecule has 3 N–H and O–H groups in total. The summed E-state index contributed by atoms with van der Waals surface area (Å²) in [4.78, 5) is 31.6. The molecular weight excluding hydrogens is 426 g/mol. The zero-order chi connectivity index (χ0) is 22.8. The van der Waals surface area contributed by atoms with E-state index in [1.165, 1.54) is 12.3 Å². The van der Waals surface area contributed by atoms with Gasteiger partial charge in [-0.25, -0.2) is 17.6 Å². The molecule has 5 rings (SSSR count). The van der Waals surface area contributed by atoms with Crippen LogP contribution in [0.15, 0.2) is 23.1 Å². The van der Waals surface area contributed by atoms with E-state index >= 15 is 0 Å². The molecule has 9 heteroatoms. The Labute approximate surface area is 181 Å². The number of halogens is 4. The van der Waals surface area contributed by atoms with Crippen molar-refractivity contribution in [1.29, 1.82) is 0 Å². The van der Waals surface area contributed by atoms with Crippen molar-refractivity contribution < 1.29 is 22.4 Å². The molecule has 2 heterocycles. The van der Waals surface area contributed by atoms with Crippen LogP contribution in [0.1, 0.15) is 67.0 Å². The van der Waals surface area contributed by atoms with Gasteiger partial charge in [0.05, 0.1) is 10.9 Å². The average Bonchev–Trinajstić information content (AvgIpc) is 3.34. The minimum atomic E-state index is -2.73. The number of carbonyl (C=O) groups excluding carboxylic acids is 1. The molecule has 5 nitrogen and oxygen atoms in total. The summed E-state index contributed by atoms with van der Waals surface area (Å²) < 4.78 is 56.6. The van der Waals surface area contributed by atoms with Gasteiger partial charge in [-0.05, 0) is 50.0 Å². The quantitative estimate of drug-likeness (QED) is 0.528. The van der Waals surface area contributed by atoms with Crippen molar-refractivity contribution in [2.75, 3.05) is 0 Å². The molecule has 0 spiro atoms. The Morgan fingerprint density at radius 2 is 1.88 bits per heavy atom. The number of hydrogen-bond acceptors (Lipinski definition) is 3. The van der Waals surface area contributed by atoms with Gasteiger partial charge in [-0.1, -0.05) is 0 Å². The number of nitrogens with two attached hydrogens (primary N) is 1. The lowest BCUT2D eigenvalue weighted by molar-refractivity contribution is -0.0159. The number of nitrogens with one attached hydrogen (secondary N) is 1. The molecule has 3 aliphatic rings. The summed E-state index contributed by atoms with van der Waals surface area (Å²) >= 11 is 0. The van der Waals surface area contributed by atoms with E-state index in [2.05, 4.69) is 9.97 Å². The predicted molar refractivity (Wildman–Crippen MR) is 110 cm³/mol. The molecule has 2 aromatic rings. The molecule has 0 bridgehead atoms. The van der Waals surface area contributed by atoms with Crippen LogP contribution in [0.3, 0.4) is 0 Å². The lowest BCUT2D eigenvalue weighted by Gasteiger charge is -2.36. The van der Waals surface area contributed by atoms with Crippen LogP contribution in [0.2, 0.25) is 0 Å². The number of carbonyl (C=O) groups is 1. The Morgan fingerprint density at radius 1 is 1.12 bits per heavy atom. The van der Waals surface area contributed by atoms with Crippen LogP contribution in [0.4, 0.5) is 17.6 Å². The Kier molecular flexibility index (Phi) is 4.87. The number of hydrogen-bond donors (Lipinski definition) is 2. The van der Waals surface area contributed by atoms with Gasteiger partial charge in [0.25, 0.3) is 11.8 Å². The molecule has 0 aromatic carbocycles. The fourth-order valence-electron chi connectivity index (χ4n) is 6.21. The number of primary amides is 1. The molecule has 4 unspecified atom stereocenters. The highest BCUT2D eigenvalue weighted by atomic mass is 19.3. The van der Waals surface area contributed by atoms with Gasteiger partial charge < -0.3 is 10.7 Å². The Bertz CT molecular complexity index is 1130. The van der Waals surface area contributed by atoms with Gasteiger partial charge >= 0.3 is 0 Å². The van der Waals surface area contributed by atoms with Crippen molar-refractivity contribution in [3.63, 3.8) is 0 Å². The zero-order valence-corrected chi connectivity index (χ0v) is 17.4. The van der Waals surface area contributed by atoms with Crippen LogP contribution in [0.5, 0.6) is 0 Å². The van der Waals surface area contributed by atoms with Crippen LogP contribution in [-0.2, 0) is 0 Å². The summed E-state index contributed by atoms with van der Waals surface area (Å²) in [5.74, 6) is -8.37. The molecule has 0 radical (unpaired) electrons. The van der Waals surface area contributed by atoms with E-state index in [1.807, 2.05) is 0 Å². The molecule has 3 aliphatic carbocycles. The SMILES string of the molecule is NC(=O)c1nccc2[nH]c([C@@H]3CC4C(CC3C3CCCC(F)(F)CC3)C4(F)F)cc(=O)c12. The first kappa shape index (κ1) is 21.4. The second kappa shape index (κ2) is 7.28. The normalized spacial score (nSPS) is 33.3. The zero-order valence-electron chi connectivity index (χ0n) is 17.4. The van der Waals surface area contributed by atoms with Gasteiger partial charge in [0, 0.05) is 48.6 Å². The van der Waals surface area contributed by atoms with E-state index in [0.29, 0.717) is 30.5 Å². The van der Waals surface area contributed by atoms with Crippen molar-refractivity contribution in [2.24, 2.45) is 29.4 Å². The van der Waals surface area contributed by atoms with Crippen LogP contribution in [0.25, 0.3) is 10.9 Å². The van der Waals surface area contributed by atoms with E-state index in [1.54, 1.807) is 6.07 Å². The van der Waals surface area contributed by atoms with Gasteiger partial charge in [-0.2, -0.15) is 0 Å². The number of alkyl halides is 4. The topological polar surface area (TPSA) is 88.8 Å². The van der Waals surface area contributed by atoms with Crippen LogP contribution < -0.4 is 11.2 Å². The monoisotopic (exact) mass is 451 g/mol. The predicted octanol–water partition coefficient (Wildman–Crippen LogP) is 4.61. The number of H-pyrrole nitrogens is 1. The Hall–Kier alpha value is -2.45. The number of pyridine rings is 2. The van der Waals surface area contributed by atoms with Crippen molar-refractivity contribution in [3.05, 3.63) is 39.9 Å².